The van der Waals surface area contributed by atoms with E-state index in [1.165, 1.54) is 0 Å². The summed E-state index contributed by atoms with van der Waals surface area (Å²) in [5, 5.41) is 20.2. The number of benzodiazepines with no additional fused rings is 1. The third-order valence-corrected chi connectivity index (χ3v) is 6.19. The number of aliphatic imine (C=N–C) groups is 1. The van der Waals surface area contributed by atoms with Crippen LogP contribution in [-0.4, -0.2) is 89.2 Å². The number of carbonyl (C=O) groups is 1. The highest BCUT2D eigenvalue weighted by molar-refractivity contribution is 6.31. The van der Waals surface area contributed by atoms with Gasteiger partial charge < -0.3 is 30.0 Å². The van der Waals surface area contributed by atoms with Gasteiger partial charge in [-0.2, -0.15) is 0 Å². The first-order valence-corrected chi connectivity index (χ1v) is 14.4. The molecule has 1 atom stereocenters. The first-order chi connectivity index (χ1) is 20.4. The molecule has 2 aromatic carbocycles. The van der Waals surface area contributed by atoms with Crippen LogP contribution in [0.2, 0.25) is 5.02 Å². The molecule has 0 spiro atoms. The summed E-state index contributed by atoms with van der Waals surface area (Å²) in [6.45, 7) is 10.1. The Morgan fingerprint density at radius 1 is 1.02 bits per heavy atom. The van der Waals surface area contributed by atoms with Crippen molar-refractivity contribution in [1.82, 2.24) is 5.32 Å². The highest BCUT2D eigenvalue weighted by Gasteiger charge is 2.30. The predicted molar refractivity (Wildman–Crippen MR) is 168 cm³/mol. The SMILES string of the molecule is CCNC=O.CC[C@@H]1N=C(c2ccc(Cl)cc2)c2cc(OCCOCCOCCOCCN)ccc2N(C(C)=N)C1=N. The number of hydrogen-bond acceptors (Lipinski definition) is 9. The van der Waals surface area contributed by atoms with E-state index >= 15 is 0 Å². The van der Waals surface area contributed by atoms with E-state index in [1.807, 2.05) is 56.3 Å². The fraction of sp³-hybridized carbons (Fsp3) is 0.467. The normalized spacial score (nSPS) is 14.2. The molecule has 3 rings (SSSR count). The molecule has 0 bridgehead atoms. The number of amides is 1. The van der Waals surface area contributed by atoms with Crippen LogP contribution in [0.25, 0.3) is 0 Å². The van der Waals surface area contributed by atoms with E-state index in [9.17, 15) is 4.79 Å². The molecule has 1 aliphatic heterocycles. The average molecular weight is 603 g/mol. The molecule has 5 N–H and O–H groups in total. The fourth-order valence-corrected chi connectivity index (χ4v) is 4.09. The van der Waals surface area contributed by atoms with Gasteiger partial charge in [0.15, 0.2) is 0 Å². The lowest BCUT2D eigenvalue weighted by Gasteiger charge is -2.26. The Kier molecular flexibility index (Phi) is 16.4. The van der Waals surface area contributed by atoms with Gasteiger partial charge in [-0.1, -0.05) is 30.7 Å². The van der Waals surface area contributed by atoms with Crippen molar-refractivity contribution in [3.63, 3.8) is 0 Å². The summed E-state index contributed by atoms with van der Waals surface area (Å²) < 4.78 is 22.3. The van der Waals surface area contributed by atoms with Crippen molar-refractivity contribution < 1.29 is 23.7 Å². The number of anilines is 1. The van der Waals surface area contributed by atoms with Crippen LogP contribution in [0.1, 0.15) is 38.3 Å². The molecule has 12 heteroatoms. The van der Waals surface area contributed by atoms with Gasteiger partial charge in [-0.3, -0.25) is 25.5 Å². The summed E-state index contributed by atoms with van der Waals surface area (Å²) in [6.07, 6.45) is 1.32. The summed E-state index contributed by atoms with van der Waals surface area (Å²) in [7, 11) is 0. The van der Waals surface area contributed by atoms with E-state index in [4.69, 9.17) is 52.1 Å². The van der Waals surface area contributed by atoms with Crippen molar-refractivity contribution in [2.75, 3.05) is 64.2 Å². The van der Waals surface area contributed by atoms with Crippen LogP contribution in [0.15, 0.2) is 47.5 Å². The highest BCUT2D eigenvalue weighted by atomic mass is 35.5. The number of fused-ring (bicyclic) bond motifs is 1. The van der Waals surface area contributed by atoms with Gasteiger partial charge in [-0.15, -0.1) is 0 Å². The summed E-state index contributed by atoms with van der Waals surface area (Å²) >= 11 is 6.13. The number of ether oxygens (including phenoxy) is 4. The van der Waals surface area contributed by atoms with E-state index in [0.717, 1.165) is 29.1 Å². The first kappa shape index (κ1) is 34.8. The van der Waals surface area contributed by atoms with Crippen LogP contribution < -0.4 is 20.7 Å². The van der Waals surface area contributed by atoms with Crippen LogP contribution in [-0.2, 0) is 19.0 Å². The lowest BCUT2D eigenvalue weighted by Crippen LogP contribution is -2.40. The monoisotopic (exact) mass is 602 g/mol. The molecule has 1 aliphatic rings. The Bertz CT molecular complexity index is 1160. The van der Waals surface area contributed by atoms with Gasteiger partial charge in [-0.25, -0.2) is 0 Å². The molecule has 1 amide bonds. The molecule has 0 fully saturated rings. The molecule has 0 aliphatic carbocycles. The van der Waals surface area contributed by atoms with Crippen molar-refractivity contribution in [3.05, 3.63) is 58.6 Å². The molecule has 0 saturated heterocycles. The van der Waals surface area contributed by atoms with Crippen LogP contribution >= 0.6 is 11.6 Å². The number of halogens is 1. The first-order valence-electron chi connectivity index (χ1n) is 14.0. The number of carbonyl (C=O) groups excluding carboxylic acids is 1. The van der Waals surface area contributed by atoms with E-state index in [0.29, 0.717) is 76.4 Å². The summed E-state index contributed by atoms with van der Waals surface area (Å²) in [6, 6.07) is 12.7. The van der Waals surface area contributed by atoms with Crippen molar-refractivity contribution in [1.29, 1.82) is 10.8 Å². The number of rotatable bonds is 16. The maximum Gasteiger partial charge on any atom is 0.207 e. The van der Waals surface area contributed by atoms with Gasteiger partial charge in [0.05, 0.1) is 51.0 Å². The molecule has 0 unspecified atom stereocenters. The van der Waals surface area contributed by atoms with Crippen molar-refractivity contribution in [2.24, 2.45) is 10.7 Å². The number of nitrogens with zero attached hydrogens (tertiary/aromatic N) is 2. The quantitative estimate of drug-likeness (QED) is 0.0983. The van der Waals surface area contributed by atoms with Gasteiger partial charge in [0.1, 0.15) is 30.1 Å². The smallest absolute Gasteiger partial charge is 0.207 e. The highest BCUT2D eigenvalue weighted by Crippen LogP contribution is 2.33. The topological polar surface area (TPSA) is 155 Å². The molecule has 42 heavy (non-hydrogen) atoms. The Morgan fingerprint density at radius 3 is 2.17 bits per heavy atom. The Hall–Kier alpha value is -3.35. The zero-order valence-electron chi connectivity index (χ0n) is 24.7. The third kappa shape index (κ3) is 11.1. The van der Waals surface area contributed by atoms with Gasteiger partial charge in [-0.05, 0) is 50.6 Å². The number of benzene rings is 2. The minimum Gasteiger partial charge on any atom is -0.491 e. The van der Waals surface area contributed by atoms with Crippen LogP contribution in [0, 0.1) is 10.8 Å². The van der Waals surface area contributed by atoms with Gasteiger partial charge >= 0.3 is 0 Å². The number of amidine groups is 2. The fourth-order valence-electron chi connectivity index (χ4n) is 3.97. The summed E-state index contributed by atoms with van der Waals surface area (Å²) in [5.41, 5.74) is 8.50. The Labute approximate surface area is 253 Å². The van der Waals surface area contributed by atoms with Crippen molar-refractivity contribution >= 4 is 41.1 Å². The Morgan fingerprint density at radius 2 is 1.64 bits per heavy atom. The van der Waals surface area contributed by atoms with Crippen LogP contribution in [0.5, 0.6) is 5.75 Å². The van der Waals surface area contributed by atoms with Crippen LogP contribution in [0.3, 0.4) is 0 Å². The minimum atomic E-state index is -0.384. The van der Waals surface area contributed by atoms with Gasteiger partial charge in [0.25, 0.3) is 0 Å². The van der Waals surface area contributed by atoms with Gasteiger partial charge in [0, 0.05) is 29.2 Å². The second-order valence-corrected chi connectivity index (χ2v) is 9.48. The predicted octanol–water partition coefficient (Wildman–Crippen LogP) is 3.89. The minimum absolute atomic E-state index is 0.257. The number of nitrogens with one attached hydrogen (secondary N) is 3. The number of nitrogens with two attached hydrogens (primary N) is 1. The standard InChI is InChI=1S/C27H36ClN5O4.C3H7NO/c1-3-24-27(31)33(19(2)30)25-9-8-22(37-17-16-36-15-14-35-13-12-34-11-10-29)18-23(25)26(32-24)20-4-6-21(28)7-5-20;1-2-4-3-5/h4-9,18,24,30-31H,3,10-17,29H2,1-2H3;3H,2H2,1H3,(H,4,5)/t24-;/m0./s1. The third-order valence-electron chi connectivity index (χ3n) is 5.94. The lowest BCUT2D eigenvalue weighted by atomic mass is 9.99. The van der Waals surface area contributed by atoms with Crippen LogP contribution in [0.4, 0.5) is 5.69 Å². The molecular weight excluding hydrogens is 560 g/mol. The summed E-state index contributed by atoms with van der Waals surface area (Å²) in [4.78, 5) is 15.9. The molecule has 0 aromatic heterocycles. The average Bonchev–Trinajstić information content (AvgIpc) is 3.10. The molecule has 0 saturated carbocycles. The van der Waals surface area contributed by atoms with E-state index in [1.54, 1.807) is 11.8 Å². The molecule has 2 aromatic rings. The van der Waals surface area contributed by atoms with Crippen molar-refractivity contribution in [3.8, 4) is 5.75 Å². The lowest BCUT2D eigenvalue weighted by molar-refractivity contribution is -0.109. The maximum absolute atomic E-state index is 9.29. The van der Waals surface area contributed by atoms with E-state index in [2.05, 4.69) is 5.32 Å². The molecule has 1 heterocycles. The Balaban J connectivity index is 0.00000113. The second kappa shape index (κ2) is 19.7. The molecule has 230 valence electrons. The van der Waals surface area contributed by atoms with Gasteiger partial charge in [0.2, 0.25) is 6.41 Å². The second-order valence-electron chi connectivity index (χ2n) is 9.04. The van der Waals surface area contributed by atoms with E-state index < -0.39 is 0 Å². The van der Waals surface area contributed by atoms with E-state index in [-0.39, 0.29) is 17.7 Å². The molecule has 0 radical (unpaired) electrons. The van der Waals surface area contributed by atoms with Crippen molar-refractivity contribution in [2.45, 2.75) is 33.2 Å². The largest absolute Gasteiger partial charge is 0.491 e. The zero-order chi connectivity index (χ0) is 30.7. The summed E-state index contributed by atoms with van der Waals surface area (Å²) in [5.74, 6) is 1.18. The molecule has 11 nitrogen and oxygen atoms in total. The molecular formula is C30H43ClN6O5. The zero-order valence-corrected chi connectivity index (χ0v) is 25.4. The number of hydrogen-bond donors (Lipinski definition) is 4. The maximum atomic E-state index is 9.29.